The van der Waals surface area contributed by atoms with Gasteiger partial charge in [-0.25, -0.2) is 0 Å². The summed E-state index contributed by atoms with van der Waals surface area (Å²) in [5.41, 5.74) is 0. The molecule has 0 aliphatic rings. The highest BCUT2D eigenvalue weighted by Gasteiger charge is 2.06. The lowest BCUT2D eigenvalue weighted by molar-refractivity contribution is -0.137. The third kappa shape index (κ3) is 4.01. The molecule has 0 radical (unpaired) electrons. The van der Waals surface area contributed by atoms with Gasteiger partial charge >= 0.3 is 0 Å². The van der Waals surface area contributed by atoms with Gasteiger partial charge in [-0.2, -0.15) is 0 Å². The van der Waals surface area contributed by atoms with Crippen LogP contribution >= 0.6 is 0 Å². The molecule has 2 atom stereocenters. The van der Waals surface area contributed by atoms with Crippen molar-refractivity contribution in [2.24, 2.45) is 0 Å². The Kier molecular flexibility index (Phi) is 6.70. The van der Waals surface area contributed by atoms with Crippen molar-refractivity contribution in [1.82, 2.24) is 0 Å². The van der Waals surface area contributed by atoms with Crippen LogP contribution in [0.25, 0.3) is 0 Å². The Hall–Kier alpha value is -0.160. The third-order valence-electron chi connectivity index (χ3n) is 0.654. The predicted molar refractivity (Wildman–Crippen MR) is 28.3 cm³/mol. The van der Waals surface area contributed by atoms with E-state index in [1.165, 1.54) is 14.0 Å². The maximum absolute atomic E-state index is 8.46. The Balaban J connectivity index is 0. The van der Waals surface area contributed by atoms with E-state index in [0.717, 1.165) is 0 Å². The van der Waals surface area contributed by atoms with Crippen molar-refractivity contribution in [3.05, 3.63) is 0 Å². The highest BCUT2D eigenvalue weighted by atomic mass is 16.6. The fourth-order valence-corrected chi connectivity index (χ4v) is 0.197. The van der Waals surface area contributed by atoms with Crippen LogP contribution in [0.3, 0.4) is 0 Å². The zero-order valence-corrected chi connectivity index (χ0v) is 4.96. The molecule has 8 heavy (non-hydrogen) atoms. The topological polar surface area (TPSA) is 81.2 Å². The van der Waals surface area contributed by atoms with Crippen molar-refractivity contribution in [1.29, 1.82) is 0 Å². The molecule has 2 unspecified atom stereocenters. The van der Waals surface area contributed by atoms with Crippen molar-refractivity contribution in [3.8, 4) is 0 Å². The van der Waals surface area contributed by atoms with E-state index in [9.17, 15) is 0 Å². The van der Waals surface area contributed by atoms with Gasteiger partial charge in [-0.1, -0.05) is 0 Å². The van der Waals surface area contributed by atoms with Crippen molar-refractivity contribution in [2.45, 2.75) is 19.3 Å². The second-order valence-corrected chi connectivity index (χ2v) is 1.37. The summed E-state index contributed by atoms with van der Waals surface area (Å²) in [4.78, 5) is 0. The molecule has 0 saturated heterocycles. The number of rotatable bonds is 2. The molecule has 4 heteroatoms. The number of aliphatic hydroxyl groups excluding tert-OH is 2. The second-order valence-electron chi connectivity index (χ2n) is 1.37. The van der Waals surface area contributed by atoms with E-state index in [-0.39, 0.29) is 5.48 Å². The molecule has 0 amide bonds. The maximum atomic E-state index is 8.46. The lowest BCUT2D eigenvalue weighted by atomic mass is 10.4. The Morgan fingerprint density at radius 2 is 1.75 bits per heavy atom. The van der Waals surface area contributed by atoms with Gasteiger partial charge in [0.25, 0.3) is 0 Å². The number of hydrogen-bond acceptors (Lipinski definition) is 3. The van der Waals surface area contributed by atoms with Gasteiger partial charge in [0.1, 0.15) is 6.10 Å². The number of hydrogen-bond donors (Lipinski definition) is 2. The molecule has 52 valence electrons. The zero-order chi connectivity index (χ0) is 5.86. The first-order valence-corrected chi connectivity index (χ1v) is 2.07. The average molecular weight is 124 g/mol. The molecule has 0 aliphatic heterocycles. The summed E-state index contributed by atoms with van der Waals surface area (Å²) in [5.74, 6) is 0. The molecule has 4 N–H and O–H groups in total. The van der Waals surface area contributed by atoms with Gasteiger partial charge in [-0.05, 0) is 6.92 Å². The van der Waals surface area contributed by atoms with Gasteiger partial charge in [0, 0.05) is 7.11 Å². The molecular formula is C4H12O4. The largest absolute Gasteiger partial charge is 0.412 e. The highest BCUT2D eigenvalue weighted by Crippen LogP contribution is 1.89. The first kappa shape index (κ1) is 10.8. The lowest BCUT2D eigenvalue weighted by Gasteiger charge is -2.09. The van der Waals surface area contributed by atoms with Gasteiger partial charge in [0.05, 0.1) is 0 Å². The van der Waals surface area contributed by atoms with E-state index in [4.69, 9.17) is 10.2 Å². The van der Waals surface area contributed by atoms with E-state index in [0.29, 0.717) is 0 Å². The molecule has 0 aromatic carbocycles. The van der Waals surface area contributed by atoms with E-state index < -0.39 is 12.4 Å². The van der Waals surface area contributed by atoms with Gasteiger partial charge in [-0.3, -0.25) is 0 Å². The maximum Gasteiger partial charge on any atom is 0.180 e. The SMILES string of the molecule is COC(O)C(C)O.O. The van der Waals surface area contributed by atoms with Crippen molar-refractivity contribution >= 4 is 0 Å². The smallest absolute Gasteiger partial charge is 0.180 e. The Bertz CT molecular complexity index is 45.3. The molecule has 0 spiro atoms. The van der Waals surface area contributed by atoms with Crippen molar-refractivity contribution in [2.75, 3.05) is 7.11 Å². The van der Waals surface area contributed by atoms with E-state index in [1.54, 1.807) is 0 Å². The van der Waals surface area contributed by atoms with Crippen LogP contribution in [-0.2, 0) is 4.74 Å². The van der Waals surface area contributed by atoms with Crippen LogP contribution in [0.2, 0.25) is 0 Å². The van der Waals surface area contributed by atoms with Crippen LogP contribution in [-0.4, -0.2) is 35.2 Å². The van der Waals surface area contributed by atoms with E-state index in [1.807, 2.05) is 0 Å². The van der Waals surface area contributed by atoms with Crippen LogP contribution < -0.4 is 0 Å². The molecule has 4 nitrogen and oxygen atoms in total. The van der Waals surface area contributed by atoms with Crippen LogP contribution in [0.1, 0.15) is 6.92 Å². The van der Waals surface area contributed by atoms with Crippen molar-refractivity contribution < 1.29 is 20.4 Å². The minimum absolute atomic E-state index is 0. The Labute approximate surface area is 48.0 Å². The van der Waals surface area contributed by atoms with Crippen molar-refractivity contribution in [3.63, 3.8) is 0 Å². The minimum atomic E-state index is -1.04. The first-order valence-electron chi connectivity index (χ1n) is 2.07. The summed E-state index contributed by atoms with van der Waals surface area (Å²) in [6.45, 7) is 1.45. The molecule has 0 aromatic heterocycles. The Morgan fingerprint density at radius 1 is 1.38 bits per heavy atom. The van der Waals surface area contributed by atoms with E-state index >= 15 is 0 Å². The number of methoxy groups -OCH3 is 1. The molecule has 0 saturated carbocycles. The lowest BCUT2D eigenvalue weighted by Crippen LogP contribution is -2.23. The summed E-state index contributed by atoms with van der Waals surface area (Å²) in [6, 6.07) is 0. The average Bonchev–Trinajstić information content (AvgIpc) is 1.65. The molecule has 0 aliphatic carbocycles. The summed E-state index contributed by atoms with van der Waals surface area (Å²) >= 11 is 0. The second kappa shape index (κ2) is 4.99. The molecule has 0 bridgehead atoms. The van der Waals surface area contributed by atoms with Crippen LogP contribution in [0.4, 0.5) is 0 Å². The summed E-state index contributed by atoms with van der Waals surface area (Å²) < 4.78 is 4.32. The van der Waals surface area contributed by atoms with Gasteiger partial charge < -0.3 is 20.4 Å². The fraction of sp³-hybridized carbons (Fsp3) is 1.00. The summed E-state index contributed by atoms with van der Waals surface area (Å²) in [5, 5.41) is 16.9. The normalized spacial score (nSPS) is 16.5. The predicted octanol–water partition coefficient (Wildman–Crippen LogP) is -1.49. The van der Waals surface area contributed by atoms with Crippen LogP contribution in [0, 0.1) is 0 Å². The van der Waals surface area contributed by atoms with Gasteiger partial charge in [0.15, 0.2) is 6.29 Å². The Morgan fingerprint density at radius 3 is 1.75 bits per heavy atom. The molecular weight excluding hydrogens is 112 g/mol. The van der Waals surface area contributed by atoms with Crippen LogP contribution in [0.5, 0.6) is 0 Å². The molecule has 0 rings (SSSR count). The molecule has 0 fully saturated rings. The minimum Gasteiger partial charge on any atom is -0.412 e. The first-order chi connectivity index (χ1) is 3.18. The van der Waals surface area contributed by atoms with E-state index in [2.05, 4.69) is 4.74 Å². The zero-order valence-electron chi connectivity index (χ0n) is 4.96. The standard InChI is InChI=1S/C4H10O3.H2O/c1-3(5)4(6)7-2;/h3-6H,1-2H3;1H2. The monoisotopic (exact) mass is 124 g/mol. The van der Waals surface area contributed by atoms with Gasteiger partial charge in [0.2, 0.25) is 0 Å². The highest BCUT2D eigenvalue weighted by molar-refractivity contribution is 4.45. The quantitative estimate of drug-likeness (QED) is 0.440. The number of aliphatic hydroxyl groups is 2. The van der Waals surface area contributed by atoms with Crippen LogP contribution in [0.15, 0.2) is 0 Å². The summed E-state index contributed by atoms with van der Waals surface area (Å²) in [6.07, 6.45) is -1.84. The van der Waals surface area contributed by atoms with Gasteiger partial charge in [-0.15, -0.1) is 0 Å². The summed E-state index contributed by atoms with van der Waals surface area (Å²) in [7, 11) is 1.33. The fourth-order valence-electron chi connectivity index (χ4n) is 0.197. The molecule has 0 aromatic rings. The third-order valence-corrected chi connectivity index (χ3v) is 0.654. The molecule has 0 heterocycles. The number of ether oxygens (including phenoxy) is 1.